The van der Waals surface area contributed by atoms with Crippen LogP contribution in [0.2, 0.25) is 0 Å². The molecule has 1 heterocycles. The molecule has 19 heavy (non-hydrogen) atoms. The minimum atomic E-state index is -0.142. The van der Waals surface area contributed by atoms with Crippen molar-refractivity contribution in [3.05, 3.63) is 53.6 Å². The van der Waals surface area contributed by atoms with Crippen molar-refractivity contribution in [2.75, 3.05) is 0 Å². The van der Waals surface area contributed by atoms with E-state index in [9.17, 15) is 4.79 Å². The first-order valence-electron chi connectivity index (χ1n) is 6.03. The Bertz CT molecular complexity index is 587. The number of nitrogens with one attached hydrogen (secondary N) is 2. The Balaban J connectivity index is 2.00. The number of amides is 1. The van der Waals surface area contributed by atoms with Gasteiger partial charge < -0.3 is 5.32 Å². The van der Waals surface area contributed by atoms with Crippen molar-refractivity contribution >= 4 is 11.5 Å². The van der Waals surface area contributed by atoms with E-state index in [0.717, 1.165) is 16.7 Å². The minimum Gasteiger partial charge on any atom is -0.345 e. The summed E-state index contributed by atoms with van der Waals surface area (Å²) in [5.74, 6) is 0.493. The first kappa shape index (κ1) is 13.0. The highest BCUT2D eigenvalue weighted by atomic mass is 16.1. The molecule has 1 aromatic heterocycles. The number of hydrogen-bond acceptors (Lipinski definition) is 3. The highest BCUT2D eigenvalue weighted by molar-refractivity contribution is 5.95. The molecule has 98 valence electrons. The van der Waals surface area contributed by atoms with Gasteiger partial charge in [0.05, 0.1) is 6.54 Å². The zero-order valence-corrected chi connectivity index (χ0v) is 11.0. The Morgan fingerprint density at radius 1 is 1.42 bits per heavy atom. The van der Waals surface area contributed by atoms with Crippen molar-refractivity contribution in [1.29, 1.82) is 0 Å². The molecule has 2 N–H and O–H groups in total. The lowest BCUT2D eigenvalue weighted by Gasteiger charge is -2.06. The molecule has 0 aliphatic heterocycles. The van der Waals surface area contributed by atoms with Gasteiger partial charge in [0, 0.05) is 6.08 Å². The number of rotatable bonds is 4. The molecule has 0 unspecified atom stereocenters. The molecule has 0 aliphatic rings. The standard InChI is InChI=1S/C14H16N4O/c1-10-5-3-4-6-12(10)11(2)7-14(19)15-8-13-16-9-17-18-13/h3-7,9H,8H2,1-2H3,(H,15,19)(H,16,17,18)/b11-7+. The maximum absolute atomic E-state index is 11.8. The van der Waals surface area contributed by atoms with Crippen LogP contribution in [0.5, 0.6) is 0 Å². The van der Waals surface area contributed by atoms with Gasteiger partial charge in [-0.3, -0.25) is 9.89 Å². The molecule has 5 heteroatoms. The van der Waals surface area contributed by atoms with Gasteiger partial charge in [0.25, 0.3) is 0 Å². The van der Waals surface area contributed by atoms with E-state index < -0.39 is 0 Å². The van der Waals surface area contributed by atoms with Crippen molar-refractivity contribution in [2.45, 2.75) is 20.4 Å². The Labute approximate surface area is 111 Å². The number of nitrogens with zero attached hydrogens (tertiary/aromatic N) is 2. The summed E-state index contributed by atoms with van der Waals surface area (Å²) in [6.45, 7) is 4.30. The zero-order valence-electron chi connectivity index (χ0n) is 11.0. The van der Waals surface area contributed by atoms with Gasteiger partial charge in [-0.25, -0.2) is 4.98 Å². The number of H-pyrrole nitrogens is 1. The van der Waals surface area contributed by atoms with Gasteiger partial charge in [-0.15, -0.1) is 0 Å². The quantitative estimate of drug-likeness (QED) is 0.820. The van der Waals surface area contributed by atoms with Crippen LogP contribution in [0.4, 0.5) is 0 Å². The van der Waals surface area contributed by atoms with Crippen LogP contribution in [-0.2, 0) is 11.3 Å². The van der Waals surface area contributed by atoms with Crippen LogP contribution in [0.15, 0.2) is 36.7 Å². The maximum atomic E-state index is 11.8. The Hall–Kier alpha value is -2.43. The summed E-state index contributed by atoms with van der Waals surface area (Å²) in [5.41, 5.74) is 3.17. The summed E-state index contributed by atoms with van der Waals surface area (Å²) < 4.78 is 0. The van der Waals surface area contributed by atoms with Gasteiger partial charge in [0.15, 0.2) is 0 Å². The molecule has 0 saturated carbocycles. The van der Waals surface area contributed by atoms with Crippen molar-refractivity contribution in [3.8, 4) is 0 Å². The van der Waals surface area contributed by atoms with E-state index in [1.807, 2.05) is 38.1 Å². The maximum Gasteiger partial charge on any atom is 0.244 e. The summed E-state index contributed by atoms with van der Waals surface area (Å²) in [6, 6.07) is 7.98. The fraction of sp³-hybridized carbons (Fsp3) is 0.214. The van der Waals surface area contributed by atoms with Crippen molar-refractivity contribution < 1.29 is 4.79 Å². The Morgan fingerprint density at radius 3 is 2.89 bits per heavy atom. The number of aromatic nitrogens is 3. The van der Waals surface area contributed by atoms with Gasteiger partial charge in [0.1, 0.15) is 12.2 Å². The first-order chi connectivity index (χ1) is 9.16. The second kappa shape index (κ2) is 5.95. The average Bonchev–Trinajstić information content (AvgIpc) is 2.90. The second-order valence-electron chi connectivity index (χ2n) is 4.29. The van der Waals surface area contributed by atoms with Crippen LogP contribution >= 0.6 is 0 Å². The van der Waals surface area contributed by atoms with Gasteiger partial charge in [-0.05, 0) is 30.5 Å². The molecule has 1 amide bonds. The topological polar surface area (TPSA) is 70.7 Å². The van der Waals surface area contributed by atoms with Crippen molar-refractivity contribution in [3.63, 3.8) is 0 Å². The highest BCUT2D eigenvalue weighted by Crippen LogP contribution is 2.17. The summed E-state index contributed by atoms with van der Waals surface area (Å²) in [5, 5.41) is 9.16. The molecule has 0 fully saturated rings. The molecule has 0 atom stereocenters. The van der Waals surface area contributed by atoms with E-state index in [1.54, 1.807) is 6.08 Å². The number of hydrogen-bond donors (Lipinski definition) is 2. The van der Waals surface area contributed by atoms with Gasteiger partial charge in [-0.1, -0.05) is 24.3 Å². The summed E-state index contributed by atoms with van der Waals surface area (Å²) in [4.78, 5) is 15.7. The number of aromatic amines is 1. The van der Waals surface area contributed by atoms with Gasteiger partial charge >= 0.3 is 0 Å². The van der Waals surface area contributed by atoms with E-state index in [4.69, 9.17) is 0 Å². The predicted molar refractivity (Wildman–Crippen MR) is 73.1 cm³/mol. The number of allylic oxidation sites excluding steroid dienone is 1. The zero-order chi connectivity index (χ0) is 13.7. The Morgan fingerprint density at radius 2 is 2.21 bits per heavy atom. The number of carbonyl (C=O) groups is 1. The summed E-state index contributed by atoms with van der Waals surface area (Å²) in [7, 11) is 0. The van der Waals surface area contributed by atoms with Crippen LogP contribution in [0.1, 0.15) is 23.9 Å². The Kier molecular flexibility index (Phi) is 4.07. The van der Waals surface area contributed by atoms with Crippen molar-refractivity contribution in [2.24, 2.45) is 0 Å². The van der Waals surface area contributed by atoms with E-state index in [0.29, 0.717) is 12.4 Å². The molecule has 0 aliphatic carbocycles. The molecule has 2 aromatic rings. The molecule has 5 nitrogen and oxygen atoms in total. The van der Waals surface area contributed by atoms with E-state index in [1.165, 1.54) is 6.33 Å². The summed E-state index contributed by atoms with van der Waals surface area (Å²) in [6.07, 6.45) is 3.01. The minimum absolute atomic E-state index is 0.142. The third-order valence-corrected chi connectivity index (χ3v) is 2.81. The molecule has 0 radical (unpaired) electrons. The average molecular weight is 256 g/mol. The van der Waals surface area contributed by atoms with Gasteiger partial charge in [0.2, 0.25) is 5.91 Å². The molecular formula is C14H16N4O. The lowest BCUT2D eigenvalue weighted by Crippen LogP contribution is -2.21. The fourth-order valence-corrected chi connectivity index (χ4v) is 1.83. The van der Waals surface area contributed by atoms with E-state index in [-0.39, 0.29) is 5.91 Å². The van der Waals surface area contributed by atoms with Crippen molar-refractivity contribution in [1.82, 2.24) is 20.5 Å². The monoisotopic (exact) mass is 256 g/mol. The lowest BCUT2D eigenvalue weighted by atomic mass is 10.0. The highest BCUT2D eigenvalue weighted by Gasteiger charge is 2.03. The first-order valence-corrected chi connectivity index (χ1v) is 6.03. The third-order valence-electron chi connectivity index (χ3n) is 2.81. The molecule has 2 rings (SSSR count). The fourth-order valence-electron chi connectivity index (χ4n) is 1.83. The molecule has 1 aromatic carbocycles. The van der Waals surface area contributed by atoms with Gasteiger partial charge in [-0.2, -0.15) is 5.10 Å². The largest absolute Gasteiger partial charge is 0.345 e. The predicted octanol–water partition coefficient (Wildman–Crippen LogP) is 1.83. The molecule has 0 saturated heterocycles. The van der Waals surface area contributed by atoms with Crippen LogP contribution < -0.4 is 5.32 Å². The van der Waals surface area contributed by atoms with Crippen LogP contribution in [-0.4, -0.2) is 21.1 Å². The number of benzene rings is 1. The molecular weight excluding hydrogens is 240 g/mol. The molecule has 0 spiro atoms. The second-order valence-corrected chi connectivity index (χ2v) is 4.29. The molecule has 0 bridgehead atoms. The number of aryl methyl sites for hydroxylation is 1. The number of carbonyl (C=O) groups excluding carboxylic acids is 1. The van der Waals surface area contributed by atoms with Crippen LogP contribution in [0.25, 0.3) is 5.57 Å². The van der Waals surface area contributed by atoms with E-state index in [2.05, 4.69) is 20.5 Å². The summed E-state index contributed by atoms with van der Waals surface area (Å²) >= 11 is 0. The third kappa shape index (κ3) is 3.51. The normalized spacial score (nSPS) is 11.4. The SMILES string of the molecule is C/C(=C\C(=O)NCc1ncn[nH]1)c1ccccc1C. The smallest absolute Gasteiger partial charge is 0.244 e. The van der Waals surface area contributed by atoms with Crippen LogP contribution in [0, 0.1) is 6.92 Å². The lowest BCUT2D eigenvalue weighted by molar-refractivity contribution is -0.116. The van der Waals surface area contributed by atoms with E-state index >= 15 is 0 Å². The van der Waals surface area contributed by atoms with Crippen LogP contribution in [0.3, 0.4) is 0 Å².